The minimum Gasteiger partial charge on any atom is -0.493 e. The zero-order valence-electron chi connectivity index (χ0n) is 10.3. The van der Waals surface area contributed by atoms with E-state index in [0.29, 0.717) is 0 Å². The van der Waals surface area contributed by atoms with Gasteiger partial charge in [0.25, 0.3) is 0 Å². The molecule has 17 heavy (non-hydrogen) atoms. The summed E-state index contributed by atoms with van der Waals surface area (Å²) >= 11 is 3.48. The van der Waals surface area contributed by atoms with Crippen LogP contribution in [0.15, 0.2) is 35.3 Å². The van der Waals surface area contributed by atoms with E-state index in [2.05, 4.69) is 40.8 Å². The molecule has 1 N–H and O–H groups in total. The van der Waals surface area contributed by atoms with Gasteiger partial charge in [-0.3, -0.25) is 0 Å². The van der Waals surface area contributed by atoms with Crippen LogP contribution >= 0.6 is 15.9 Å². The van der Waals surface area contributed by atoms with Gasteiger partial charge in [0.2, 0.25) is 0 Å². The van der Waals surface area contributed by atoms with E-state index in [4.69, 9.17) is 4.74 Å². The highest BCUT2D eigenvalue weighted by Gasteiger charge is 2.03. The van der Waals surface area contributed by atoms with Crippen LogP contribution in [0.1, 0.15) is 25.3 Å². The smallest absolute Gasteiger partial charge is 0.123 e. The van der Waals surface area contributed by atoms with E-state index in [0.717, 1.165) is 42.8 Å². The Morgan fingerprint density at radius 2 is 2.29 bits per heavy atom. The van der Waals surface area contributed by atoms with Crippen LogP contribution in [-0.4, -0.2) is 13.2 Å². The zero-order valence-corrected chi connectivity index (χ0v) is 11.9. The van der Waals surface area contributed by atoms with Gasteiger partial charge in [-0.1, -0.05) is 28.9 Å². The van der Waals surface area contributed by atoms with E-state index < -0.39 is 0 Å². The molecule has 1 rings (SSSR count). The molecule has 0 spiro atoms. The van der Waals surface area contributed by atoms with Crippen molar-refractivity contribution < 1.29 is 4.74 Å². The number of halogens is 1. The molecule has 0 atom stereocenters. The fourth-order valence-corrected chi connectivity index (χ4v) is 1.90. The van der Waals surface area contributed by atoms with E-state index in [1.165, 1.54) is 5.56 Å². The van der Waals surface area contributed by atoms with Gasteiger partial charge in [0.1, 0.15) is 5.75 Å². The third kappa shape index (κ3) is 5.37. The van der Waals surface area contributed by atoms with Gasteiger partial charge in [0.05, 0.1) is 6.61 Å². The van der Waals surface area contributed by atoms with Gasteiger partial charge in [-0.25, -0.2) is 0 Å². The van der Waals surface area contributed by atoms with Crippen LogP contribution in [0, 0.1) is 0 Å². The quantitative estimate of drug-likeness (QED) is 0.580. The highest BCUT2D eigenvalue weighted by Crippen LogP contribution is 2.23. The number of rotatable bonds is 8. The summed E-state index contributed by atoms with van der Waals surface area (Å²) in [5.74, 6) is 0.971. The molecule has 0 saturated heterocycles. The molecule has 1 aromatic rings. The summed E-state index contributed by atoms with van der Waals surface area (Å²) in [6.07, 6.45) is 3.93. The molecule has 0 aliphatic rings. The zero-order chi connectivity index (χ0) is 12.5. The molecule has 0 aliphatic carbocycles. The Labute approximate surface area is 112 Å². The molecule has 1 aromatic carbocycles. The van der Waals surface area contributed by atoms with Crippen molar-refractivity contribution in [2.24, 2.45) is 0 Å². The van der Waals surface area contributed by atoms with Crippen molar-refractivity contribution in [2.45, 2.75) is 26.3 Å². The minimum atomic E-state index is 0.743. The number of ether oxygens (including phenoxy) is 1. The van der Waals surface area contributed by atoms with E-state index in [1.807, 2.05) is 18.2 Å². The summed E-state index contributed by atoms with van der Waals surface area (Å²) in [6.45, 7) is 8.35. The molecule has 0 saturated carbocycles. The van der Waals surface area contributed by atoms with Crippen molar-refractivity contribution in [1.29, 1.82) is 0 Å². The Morgan fingerprint density at radius 1 is 1.47 bits per heavy atom. The van der Waals surface area contributed by atoms with E-state index >= 15 is 0 Å². The second-order valence-corrected chi connectivity index (χ2v) is 4.73. The molecule has 0 aromatic heterocycles. The van der Waals surface area contributed by atoms with Crippen molar-refractivity contribution in [3.05, 3.63) is 40.9 Å². The predicted octanol–water partition coefficient (Wildman–Crippen LogP) is 3.90. The Morgan fingerprint density at radius 3 is 3.00 bits per heavy atom. The second kappa shape index (κ2) is 8.31. The third-order valence-corrected chi connectivity index (χ3v) is 2.89. The number of unbranched alkanes of at least 4 members (excludes halogenated alkanes) is 1. The molecule has 3 heteroatoms. The highest BCUT2D eigenvalue weighted by molar-refractivity contribution is 9.10. The normalized spacial score (nSPS) is 10.2. The van der Waals surface area contributed by atoms with Crippen molar-refractivity contribution in [3.8, 4) is 5.75 Å². The average molecular weight is 298 g/mol. The predicted molar refractivity (Wildman–Crippen MR) is 76.4 cm³/mol. The number of allylic oxidation sites excluding steroid dienone is 1. The number of hydrogen-bond donors (Lipinski definition) is 1. The Balaban J connectivity index is 2.58. The SMILES string of the molecule is C=CCCCOc1ccc(Br)cc1CNCC. The molecule has 0 unspecified atom stereocenters. The van der Waals surface area contributed by atoms with Crippen LogP contribution in [-0.2, 0) is 6.54 Å². The largest absolute Gasteiger partial charge is 0.493 e. The first kappa shape index (κ1) is 14.3. The standard InChI is InChI=1S/C14H20BrNO/c1-3-5-6-9-17-14-8-7-13(15)10-12(14)11-16-4-2/h3,7-8,10,16H,1,4-6,9,11H2,2H3. The lowest BCUT2D eigenvalue weighted by molar-refractivity contribution is 0.308. The first-order valence-corrected chi connectivity index (χ1v) is 6.80. The van der Waals surface area contributed by atoms with Gasteiger partial charge in [-0.05, 0) is 37.6 Å². The second-order valence-electron chi connectivity index (χ2n) is 3.81. The van der Waals surface area contributed by atoms with Crippen molar-refractivity contribution in [3.63, 3.8) is 0 Å². The van der Waals surface area contributed by atoms with Crippen LogP contribution in [0.4, 0.5) is 0 Å². The summed E-state index contributed by atoms with van der Waals surface area (Å²) in [7, 11) is 0. The molecular weight excluding hydrogens is 278 g/mol. The van der Waals surface area contributed by atoms with Crippen LogP contribution in [0.5, 0.6) is 5.75 Å². The van der Waals surface area contributed by atoms with Gasteiger partial charge < -0.3 is 10.1 Å². The lowest BCUT2D eigenvalue weighted by atomic mass is 10.2. The van der Waals surface area contributed by atoms with Crippen LogP contribution in [0.2, 0.25) is 0 Å². The van der Waals surface area contributed by atoms with Gasteiger partial charge in [-0.15, -0.1) is 6.58 Å². The summed E-state index contributed by atoms with van der Waals surface area (Å²) < 4.78 is 6.87. The number of benzene rings is 1. The Bertz CT molecular complexity index is 352. The van der Waals surface area contributed by atoms with Gasteiger partial charge in [0.15, 0.2) is 0 Å². The van der Waals surface area contributed by atoms with Crippen molar-refractivity contribution in [2.75, 3.05) is 13.2 Å². The van der Waals surface area contributed by atoms with E-state index in [1.54, 1.807) is 0 Å². The fraction of sp³-hybridized carbons (Fsp3) is 0.429. The highest BCUT2D eigenvalue weighted by atomic mass is 79.9. The maximum Gasteiger partial charge on any atom is 0.123 e. The van der Waals surface area contributed by atoms with Gasteiger partial charge >= 0.3 is 0 Å². The average Bonchev–Trinajstić information content (AvgIpc) is 2.34. The first-order chi connectivity index (χ1) is 8.27. The molecular formula is C14H20BrNO. The number of nitrogens with one attached hydrogen (secondary N) is 1. The summed E-state index contributed by atoms with van der Waals surface area (Å²) in [6, 6.07) is 6.13. The summed E-state index contributed by atoms with van der Waals surface area (Å²) in [5, 5.41) is 3.32. The summed E-state index contributed by atoms with van der Waals surface area (Å²) in [5.41, 5.74) is 1.19. The van der Waals surface area contributed by atoms with E-state index in [-0.39, 0.29) is 0 Å². The van der Waals surface area contributed by atoms with Crippen molar-refractivity contribution in [1.82, 2.24) is 5.32 Å². The monoisotopic (exact) mass is 297 g/mol. The lowest BCUT2D eigenvalue weighted by Gasteiger charge is -2.12. The molecule has 0 heterocycles. The Kier molecular flexibility index (Phi) is 6.97. The van der Waals surface area contributed by atoms with E-state index in [9.17, 15) is 0 Å². The van der Waals surface area contributed by atoms with Crippen LogP contribution in [0.25, 0.3) is 0 Å². The maximum atomic E-state index is 5.78. The van der Waals surface area contributed by atoms with Gasteiger partial charge in [-0.2, -0.15) is 0 Å². The fourth-order valence-electron chi connectivity index (χ4n) is 1.50. The summed E-state index contributed by atoms with van der Waals surface area (Å²) in [4.78, 5) is 0. The molecule has 0 amide bonds. The molecule has 0 fully saturated rings. The topological polar surface area (TPSA) is 21.3 Å². The minimum absolute atomic E-state index is 0.743. The van der Waals surface area contributed by atoms with Gasteiger partial charge in [0, 0.05) is 16.6 Å². The molecule has 0 aliphatic heterocycles. The Hall–Kier alpha value is -0.800. The molecule has 2 nitrogen and oxygen atoms in total. The molecule has 94 valence electrons. The first-order valence-electron chi connectivity index (χ1n) is 6.00. The third-order valence-electron chi connectivity index (χ3n) is 2.40. The molecule has 0 radical (unpaired) electrons. The number of hydrogen-bond acceptors (Lipinski definition) is 2. The van der Waals surface area contributed by atoms with Crippen LogP contribution < -0.4 is 10.1 Å². The van der Waals surface area contributed by atoms with Crippen LogP contribution in [0.3, 0.4) is 0 Å². The lowest BCUT2D eigenvalue weighted by Crippen LogP contribution is -2.13. The molecule has 0 bridgehead atoms. The van der Waals surface area contributed by atoms with Crippen molar-refractivity contribution >= 4 is 15.9 Å². The maximum absolute atomic E-state index is 5.78.